The lowest BCUT2D eigenvalue weighted by molar-refractivity contribution is -0.121. The van der Waals surface area contributed by atoms with Crippen molar-refractivity contribution in [3.63, 3.8) is 0 Å². The number of ketones is 1. The summed E-state index contributed by atoms with van der Waals surface area (Å²) in [6.45, 7) is 10.0. The molecular formula is C14H27NO. The smallest absolute Gasteiger partial charge is 0.137 e. The van der Waals surface area contributed by atoms with Crippen LogP contribution in [0.1, 0.15) is 52.9 Å². The maximum atomic E-state index is 11.6. The second-order valence-electron chi connectivity index (χ2n) is 5.09. The number of rotatable bonds is 7. The van der Waals surface area contributed by atoms with Gasteiger partial charge in [0, 0.05) is 25.4 Å². The molecule has 1 unspecified atom stereocenters. The summed E-state index contributed by atoms with van der Waals surface area (Å²) in [7, 11) is 0. The summed E-state index contributed by atoms with van der Waals surface area (Å²) >= 11 is 0. The van der Waals surface area contributed by atoms with Crippen molar-refractivity contribution < 1.29 is 4.79 Å². The molecule has 0 aromatic rings. The van der Waals surface area contributed by atoms with Crippen LogP contribution in [0.15, 0.2) is 0 Å². The Hall–Kier alpha value is -0.370. The highest BCUT2D eigenvalue weighted by Gasteiger charge is 2.26. The van der Waals surface area contributed by atoms with Gasteiger partial charge >= 0.3 is 0 Å². The van der Waals surface area contributed by atoms with Crippen LogP contribution in [0.5, 0.6) is 0 Å². The highest BCUT2D eigenvalue weighted by atomic mass is 16.1. The minimum Gasteiger partial charge on any atom is -0.303 e. The molecule has 0 saturated heterocycles. The van der Waals surface area contributed by atoms with Crippen molar-refractivity contribution in [2.75, 3.05) is 19.6 Å². The average molecular weight is 225 g/mol. The Bertz CT molecular complexity index is 211. The summed E-state index contributed by atoms with van der Waals surface area (Å²) < 4.78 is 0. The van der Waals surface area contributed by atoms with Gasteiger partial charge in [0.2, 0.25) is 0 Å². The predicted molar refractivity (Wildman–Crippen MR) is 68.5 cm³/mol. The molecule has 0 heterocycles. The zero-order valence-corrected chi connectivity index (χ0v) is 11.2. The third-order valence-electron chi connectivity index (χ3n) is 4.03. The molecule has 0 aliphatic heterocycles. The third-order valence-corrected chi connectivity index (χ3v) is 4.03. The molecule has 2 nitrogen and oxygen atoms in total. The van der Waals surface area contributed by atoms with Crippen LogP contribution in [0.25, 0.3) is 0 Å². The highest BCUT2D eigenvalue weighted by molar-refractivity contribution is 5.83. The van der Waals surface area contributed by atoms with Crippen molar-refractivity contribution in [2.45, 2.75) is 52.9 Å². The van der Waals surface area contributed by atoms with E-state index in [1.807, 2.05) is 0 Å². The van der Waals surface area contributed by atoms with Crippen LogP contribution in [-0.2, 0) is 4.79 Å². The number of hydrogen-bond donors (Lipinski definition) is 0. The van der Waals surface area contributed by atoms with E-state index in [0.29, 0.717) is 11.7 Å². The molecule has 1 aliphatic carbocycles. The lowest BCUT2D eigenvalue weighted by Crippen LogP contribution is -2.34. The minimum atomic E-state index is 0.342. The molecule has 0 N–H and O–H groups in total. The molecule has 1 saturated carbocycles. The van der Waals surface area contributed by atoms with Crippen LogP contribution >= 0.6 is 0 Å². The zero-order chi connectivity index (χ0) is 12.0. The van der Waals surface area contributed by atoms with Crippen LogP contribution in [0.2, 0.25) is 0 Å². The normalized spacial score (nSPS) is 21.3. The van der Waals surface area contributed by atoms with E-state index in [0.717, 1.165) is 38.3 Å². The van der Waals surface area contributed by atoms with E-state index in [4.69, 9.17) is 0 Å². The number of hydrogen-bond acceptors (Lipinski definition) is 2. The van der Waals surface area contributed by atoms with E-state index in [-0.39, 0.29) is 0 Å². The van der Waals surface area contributed by atoms with Gasteiger partial charge in [0.25, 0.3) is 0 Å². The van der Waals surface area contributed by atoms with Gasteiger partial charge in [-0.15, -0.1) is 0 Å². The molecule has 0 aromatic heterocycles. The summed E-state index contributed by atoms with van der Waals surface area (Å²) in [6.07, 6.45) is 5.58. The number of Topliss-reactive ketones (excluding diaryl/α,β-unsaturated/α-hetero) is 1. The molecule has 1 fully saturated rings. The van der Waals surface area contributed by atoms with E-state index < -0.39 is 0 Å². The minimum absolute atomic E-state index is 0.342. The van der Waals surface area contributed by atoms with Gasteiger partial charge in [-0.05, 0) is 25.3 Å². The number of carbonyl (C=O) groups is 1. The van der Waals surface area contributed by atoms with Gasteiger partial charge in [0.05, 0.1) is 0 Å². The summed E-state index contributed by atoms with van der Waals surface area (Å²) in [5.74, 6) is 1.65. The molecule has 94 valence electrons. The van der Waals surface area contributed by atoms with Crippen LogP contribution in [0, 0.1) is 11.8 Å². The fourth-order valence-corrected chi connectivity index (χ4v) is 2.64. The van der Waals surface area contributed by atoms with Crippen LogP contribution in [0.3, 0.4) is 0 Å². The first kappa shape index (κ1) is 13.7. The first-order valence-electron chi connectivity index (χ1n) is 6.96. The Morgan fingerprint density at radius 3 is 2.44 bits per heavy atom. The molecule has 0 radical (unpaired) electrons. The largest absolute Gasteiger partial charge is 0.303 e. The van der Waals surface area contributed by atoms with Crippen LogP contribution < -0.4 is 0 Å². The third kappa shape index (κ3) is 3.89. The number of carbonyl (C=O) groups excluding carboxylic acids is 1. The molecule has 0 bridgehead atoms. The van der Waals surface area contributed by atoms with E-state index in [1.165, 1.54) is 19.4 Å². The Labute approximate surface area is 100 Å². The fraction of sp³-hybridized carbons (Fsp3) is 0.929. The van der Waals surface area contributed by atoms with E-state index in [9.17, 15) is 4.79 Å². The van der Waals surface area contributed by atoms with Crippen LogP contribution in [-0.4, -0.2) is 30.3 Å². The van der Waals surface area contributed by atoms with Gasteiger partial charge < -0.3 is 4.90 Å². The summed E-state index contributed by atoms with van der Waals surface area (Å²) in [6, 6.07) is 0. The monoisotopic (exact) mass is 225 g/mol. The van der Waals surface area contributed by atoms with Gasteiger partial charge in [-0.25, -0.2) is 0 Å². The van der Waals surface area contributed by atoms with Gasteiger partial charge in [-0.1, -0.05) is 33.6 Å². The summed E-state index contributed by atoms with van der Waals surface area (Å²) in [5.41, 5.74) is 0. The van der Waals surface area contributed by atoms with Crippen molar-refractivity contribution in [3.8, 4) is 0 Å². The second kappa shape index (κ2) is 7.05. The molecule has 1 atom stereocenters. The first-order valence-corrected chi connectivity index (χ1v) is 6.96. The molecule has 0 amide bonds. The standard InChI is InChI=1S/C14H27NO/c1-4-12(5-2)10-15(6-3)11-13-8-7-9-14(13)16/h12-13H,4-11H2,1-3H3. The van der Waals surface area contributed by atoms with Crippen molar-refractivity contribution in [2.24, 2.45) is 11.8 Å². The SMILES string of the molecule is CCC(CC)CN(CC)CC1CCCC1=O. The summed E-state index contributed by atoms with van der Waals surface area (Å²) in [4.78, 5) is 14.1. The molecule has 1 rings (SSSR count). The van der Waals surface area contributed by atoms with Gasteiger partial charge in [-0.3, -0.25) is 4.79 Å². The Morgan fingerprint density at radius 2 is 2.00 bits per heavy atom. The van der Waals surface area contributed by atoms with Gasteiger partial charge in [-0.2, -0.15) is 0 Å². The van der Waals surface area contributed by atoms with Crippen molar-refractivity contribution in [3.05, 3.63) is 0 Å². The quantitative estimate of drug-likeness (QED) is 0.663. The maximum Gasteiger partial charge on any atom is 0.137 e. The first-order chi connectivity index (χ1) is 7.71. The molecule has 16 heavy (non-hydrogen) atoms. The predicted octanol–water partition coefficient (Wildman–Crippen LogP) is 3.11. The number of nitrogens with zero attached hydrogens (tertiary/aromatic N) is 1. The maximum absolute atomic E-state index is 11.6. The lowest BCUT2D eigenvalue weighted by Gasteiger charge is -2.27. The van der Waals surface area contributed by atoms with Gasteiger partial charge in [0.15, 0.2) is 0 Å². The van der Waals surface area contributed by atoms with Crippen molar-refractivity contribution in [1.29, 1.82) is 0 Å². The van der Waals surface area contributed by atoms with E-state index >= 15 is 0 Å². The molecule has 0 spiro atoms. The molecular weight excluding hydrogens is 198 g/mol. The van der Waals surface area contributed by atoms with Crippen molar-refractivity contribution in [1.82, 2.24) is 4.90 Å². The van der Waals surface area contributed by atoms with Crippen molar-refractivity contribution >= 4 is 5.78 Å². The summed E-state index contributed by atoms with van der Waals surface area (Å²) in [5, 5.41) is 0. The Kier molecular flexibility index (Phi) is 6.04. The Balaban J connectivity index is 2.38. The second-order valence-corrected chi connectivity index (χ2v) is 5.09. The average Bonchev–Trinajstić information content (AvgIpc) is 2.70. The fourth-order valence-electron chi connectivity index (χ4n) is 2.64. The molecule has 2 heteroatoms. The van der Waals surface area contributed by atoms with E-state index in [1.54, 1.807) is 0 Å². The molecule has 0 aromatic carbocycles. The molecule has 1 aliphatic rings. The lowest BCUT2D eigenvalue weighted by atomic mass is 10.0. The van der Waals surface area contributed by atoms with Gasteiger partial charge in [0.1, 0.15) is 5.78 Å². The zero-order valence-electron chi connectivity index (χ0n) is 11.2. The van der Waals surface area contributed by atoms with Crippen LogP contribution in [0.4, 0.5) is 0 Å². The highest BCUT2D eigenvalue weighted by Crippen LogP contribution is 2.23. The van der Waals surface area contributed by atoms with E-state index in [2.05, 4.69) is 25.7 Å². The Morgan fingerprint density at radius 1 is 1.31 bits per heavy atom. The topological polar surface area (TPSA) is 20.3 Å².